The minimum absolute atomic E-state index is 0.237. The van der Waals surface area contributed by atoms with E-state index in [1.165, 1.54) is 18.2 Å². The van der Waals surface area contributed by atoms with Crippen molar-refractivity contribution >= 4 is 11.6 Å². The number of rotatable bonds is 2. The molecule has 0 radical (unpaired) electrons. The molecule has 2 aromatic carbocycles. The van der Waals surface area contributed by atoms with Crippen molar-refractivity contribution in [3.63, 3.8) is 0 Å². The number of carbonyl (C=O) groups is 1. The molecule has 0 bridgehead atoms. The van der Waals surface area contributed by atoms with E-state index in [1.807, 2.05) is 13.0 Å². The van der Waals surface area contributed by atoms with Crippen LogP contribution >= 0.6 is 0 Å². The second-order valence-electron chi connectivity index (χ2n) is 4.51. The van der Waals surface area contributed by atoms with Gasteiger partial charge >= 0.3 is 0 Å². The maximum Gasteiger partial charge on any atom is 0.255 e. The number of amides is 1. The smallest absolute Gasteiger partial charge is 0.255 e. The van der Waals surface area contributed by atoms with Crippen LogP contribution < -0.4 is 5.32 Å². The van der Waals surface area contributed by atoms with Crippen LogP contribution in [0.25, 0.3) is 0 Å². The second-order valence-corrected chi connectivity index (χ2v) is 4.51. The second kappa shape index (κ2) is 6.69. The van der Waals surface area contributed by atoms with Gasteiger partial charge in [0.1, 0.15) is 12.4 Å². The lowest BCUT2D eigenvalue weighted by atomic mass is 10.1. The first-order valence-corrected chi connectivity index (χ1v) is 6.37. The molecule has 0 aliphatic rings. The number of aliphatic hydroxyl groups excluding tert-OH is 1. The third-order valence-electron chi connectivity index (χ3n) is 2.73. The molecule has 2 aromatic rings. The van der Waals surface area contributed by atoms with Crippen LogP contribution in [0.5, 0.6) is 0 Å². The zero-order valence-corrected chi connectivity index (χ0v) is 11.5. The molecule has 4 heteroatoms. The van der Waals surface area contributed by atoms with Crippen molar-refractivity contribution in [1.29, 1.82) is 0 Å². The number of carbonyl (C=O) groups excluding carboxylic acids is 1. The predicted octanol–water partition coefficient (Wildman–Crippen LogP) is 2.73. The Hall–Kier alpha value is -2.64. The number of aryl methyl sites for hydroxylation is 1. The standard InChI is InChI=1S/C17H14FNO2/c1-12-8-13(4-3-7-20)10-14(9-12)17(21)19-16-6-2-5-15(18)11-16/h2,5-6,8-11,20H,7H2,1H3,(H,19,21). The van der Waals surface area contributed by atoms with Crippen molar-refractivity contribution < 1.29 is 14.3 Å². The Morgan fingerprint density at radius 1 is 1.29 bits per heavy atom. The van der Waals surface area contributed by atoms with Crippen molar-refractivity contribution in [3.8, 4) is 11.8 Å². The molecule has 0 aliphatic heterocycles. The van der Waals surface area contributed by atoms with Gasteiger partial charge in [0.25, 0.3) is 5.91 Å². The minimum atomic E-state index is -0.411. The van der Waals surface area contributed by atoms with Gasteiger partial charge < -0.3 is 10.4 Å². The summed E-state index contributed by atoms with van der Waals surface area (Å²) in [7, 11) is 0. The van der Waals surface area contributed by atoms with Gasteiger partial charge in [0.15, 0.2) is 0 Å². The van der Waals surface area contributed by atoms with Crippen molar-refractivity contribution in [2.45, 2.75) is 6.92 Å². The monoisotopic (exact) mass is 283 g/mol. The van der Waals surface area contributed by atoms with E-state index in [0.29, 0.717) is 16.8 Å². The maximum atomic E-state index is 13.1. The summed E-state index contributed by atoms with van der Waals surface area (Å²) < 4.78 is 13.1. The average Bonchev–Trinajstić information content (AvgIpc) is 2.44. The third-order valence-corrected chi connectivity index (χ3v) is 2.73. The normalized spacial score (nSPS) is 9.67. The van der Waals surface area contributed by atoms with E-state index in [2.05, 4.69) is 17.2 Å². The molecule has 0 aliphatic carbocycles. The van der Waals surface area contributed by atoms with Gasteiger partial charge in [0.2, 0.25) is 0 Å². The first kappa shape index (κ1) is 14.8. The highest BCUT2D eigenvalue weighted by molar-refractivity contribution is 6.04. The summed E-state index contributed by atoms with van der Waals surface area (Å²) in [5.41, 5.74) is 2.35. The number of halogens is 1. The fraction of sp³-hybridized carbons (Fsp3) is 0.118. The van der Waals surface area contributed by atoms with Crippen LogP contribution in [0.4, 0.5) is 10.1 Å². The van der Waals surface area contributed by atoms with Crippen molar-refractivity contribution in [2.75, 3.05) is 11.9 Å². The molecular weight excluding hydrogens is 269 g/mol. The number of hydrogen-bond donors (Lipinski definition) is 2. The zero-order valence-electron chi connectivity index (χ0n) is 11.5. The Balaban J connectivity index is 2.24. The summed E-state index contributed by atoms with van der Waals surface area (Å²) in [6, 6.07) is 10.9. The molecule has 0 unspecified atom stereocenters. The van der Waals surface area contributed by atoms with Gasteiger partial charge in [0.05, 0.1) is 0 Å². The number of hydrogen-bond acceptors (Lipinski definition) is 2. The highest BCUT2D eigenvalue weighted by Crippen LogP contribution is 2.14. The summed E-state index contributed by atoms with van der Waals surface area (Å²) in [5.74, 6) is 4.56. The Labute approximate surface area is 122 Å². The third kappa shape index (κ3) is 4.16. The van der Waals surface area contributed by atoms with E-state index in [0.717, 1.165) is 5.56 Å². The Morgan fingerprint density at radius 2 is 2.10 bits per heavy atom. The van der Waals surface area contributed by atoms with E-state index < -0.39 is 5.82 Å². The number of anilines is 1. The van der Waals surface area contributed by atoms with Gasteiger partial charge in [-0.2, -0.15) is 0 Å². The Morgan fingerprint density at radius 3 is 2.81 bits per heavy atom. The quantitative estimate of drug-likeness (QED) is 0.833. The molecule has 0 saturated carbocycles. The number of benzene rings is 2. The van der Waals surface area contributed by atoms with Crippen LogP contribution in [0.1, 0.15) is 21.5 Å². The molecular formula is C17H14FNO2. The molecule has 2 rings (SSSR count). The molecule has 0 fully saturated rings. The van der Waals surface area contributed by atoms with E-state index in [9.17, 15) is 9.18 Å². The first-order valence-electron chi connectivity index (χ1n) is 6.37. The fourth-order valence-corrected chi connectivity index (χ4v) is 1.90. The molecule has 0 aromatic heterocycles. The van der Waals surface area contributed by atoms with E-state index in [4.69, 9.17) is 5.11 Å². The number of nitrogens with one attached hydrogen (secondary N) is 1. The molecule has 3 nitrogen and oxygen atoms in total. The minimum Gasteiger partial charge on any atom is -0.384 e. The topological polar surface area (TPSA) is 49.3 Å². The van der Waals surface area contributed by atoms with Crippen LogP contribution in [-0.4, -0.2) is 17.6 Å². The zero-order chi connectivity index (χ0) is 15.2. The van der Waals surface area contributed by atoms with Crippen molar-refractivity contribution in [1.82, 2.24) is 0 Å². The molecule has 0 heterocycles. The van der Waals surface area contributed by atoms with Gasteiger partial charge in [-0.05, 0) is 48.9 Å². The van der Waals surface area contributed by atoms with Gasteiger partial charge in [-0.25, -0.2) is 4.39 Å². The van der Waals surface area contributed by atoms with Crippen LogP contribution in [0.3, 0.4) is 0 Å². The van der Waals surface area contributed by atoms with E-state index in [-0.39, 0.29) is 12.5 Å². The summed E-state index contributed by atoms with van der Waals surface area (Å²) in [6.07, 6.45) is 0. The lowest BCUT2D eigenvalue weighted by molar-refractivity contribution is 0.102. The molecule has 0 spiro atoms. The number of aliphatic hydroxyl groups is 1. The van der Waals surface area contributed by atoms with Crippen molar-refractivity contribution in [2.24, 2.45) is 0 Å². The van der Waals surface area contributed by atoms with Crippen LogP contribution in [0, 0.1) is 24.6 Å². The molecule has 106 valence electrons. The highest BCUT2D eigenvalue weighted by Gasteiger charge is 2.08. The van der Waals surface area contributed by atoms with Crippen LogP contribution in [0.2, 0.25) is 0 Å². The summed E-state index contributed by atoms with van der Waals surface area (Å²) in [6.45, 7) is 1.61. The van der Waals surface area contributed by atoms with Crippen LogP contribution in [-0.2, 0) is 0 Å². The maximum absolute atomic E-state index is 13.1. The molecule has 0 saturated heterocycles. The SMILES string of the molecule is Cc1cc(C#CCO)cc(C(=O)Nc2cccc(F)c2)c1. The van der Waals surface area contributed by atoms with Gasteiger partial charge in [-0.1, -0.05) is 17.9 Å². The highest BCUT2D eigenvalue weighted by atomic mass is 19.1. The predicted molar refractivity (Wildman–Crippen MR) is 79.5 cm³/mol. The summed E-state index contributed by atoms with van der Waals surface area (Å²) >= 11 is 0. The van der Waals surface area contributed by atoms with Gasteiger partial charge in [0, 0.05) is 16.8 Å². The van der Waals surface area contributed by atoms with Gasteiger partial charge in [-0.3, -0.25) is 4.79 Å². The van der Waals surface area contributed by atoms with Crippen LogP contribution in [0.15, 0.2) is 42.5 Å². The van der Waals surface area contributed by atoms with Gasteiger partial charge in [-0.15, -0.1) is 0 Å². The Bertz CT molecular complexity index is 729. The molecule has 1 amide bonds. The lowest BCUT2D eigenvalue weighted by Crippen LogP contribution is -2.12. The first-order chi connectivity index (χ1) is 10.1. The summed E-state index contributed by atoms with van der Waals surface area (Å²) in [4.78, 5) is 12.2. The fourth-order valence-electron chi connectivity index (χ4n) is 1.90. The molecule has 2 N–H and O–H groups in total. The Kier molecular flexibility index (Phi) is 4.70. The van der Waals surface area contributed by atoms with E-state index in [1.54, 1.807) is 18.2 Å². The average molecular weight is 283 g/mol. The van der Waals surface area contributed by atoms with Crippen molar-refractivity contribution in [3.05, 3.63) is 65.0 Å². The lowest BCUT2D eigenvalue weighted by Gasteiger charge is -2.07. The summed E-state index contributed by atoms with van der Waals surface area (Å²) in [5, 5.41) is 11.3. The largest absolute Gasteiger partial charge is 0.384 e. The molecule has 21 heavy (non-hydrogen) atoms. The van der Waals surface area contributed by atoms with E-state index >= 15 is 0 Å². The molecule has 0 atom stereocenters.